The highest BCUT2D eigenvalue weighted by Crippen LogP contribution is 2.16. The molecular formula is C41H79NO6. The molecule has 0 amide bonds. The Hall–Kier alpha value is -1.47. The van der Waals surface area contributed by atoms with Crippen molar-refractivity contribution < 1.29 is 29.0 Å². The molecule has 0 aliphatic heterocycles. The number of Topliss-reactive ketones (excluding diaryl/α,β-unsaturated/α-hetero) is 1. The Kier molecular flexibility index (Phi) is 35.7. The van der Waals surface area contributed by atoms with Crippen molar-refractivity contribution in [1.82, 2.24) is 0 Å². The van der Waals surface area contributed by atoms with Crippen LogP contribution in [0.2, 0.25) is 0 Å². The van der Waals surface area contributed by atoms with Gasteiger partial charge in [-0.05, 0) is 12.8 Å². The third-order valence-electron chi connectivity index (χ3n) is 9.51. The first kappa shape index (κ1) is 46.5. The molecule has 0 bridgehead atoms. The molecule has 0 fully saturated rings. The van der Waals surface area contributed by atoms with E-state index < -0.39 is 29.9 Å². The molecule has 3 N–H and O–H groups in total. The van der Waals surface area contributed by atoms with Crippen molar-refractivity contribution in [3.8, 4) is 0 Å². The summed E-state index contributed by atoms with van der Waals surface area (Å²) in [5.41, 5.74) is 5.49. The van der Waals surface area contributed by atoms with Crippen LogP contribution in [0.4, 0.5) is 0 Å². The minimum Gasteiger partial charge on any atom is -0.463 e. The number of rotatable bonds is 38. The Morgan fingerprint density at radius 1 is 0.479 bits per heavy atom. The fraction of sp³-hybridized carbons (Fsp3) is 0.927. The van der Waals surface area contributed by atoms with Crippen LogP contribution in [0.15, 0.2) is 0 Å². The van der Waals surface area contributed by atoms with Crippen LogP contribution in [0.25, 0.3) is 0 Å². The summed E-state index contributed by atoms with van der Waals surface area (Å²) in [7, 11) is 0. The molecule has 0 aliphatic carbocycles. The van der Waals surface area contributed by atoms with Gasteiger partial charge in [0.25, 0.3) is 0 Å². The molecule has 0 spiro atoms. The highest BCUT2D eigenvalue weighted by Gasteiger charge is 2.30. The fourth-order valence-electron chi connectivity index (χ4n) is 6.29. The third-order valence-corrected chi connectivity index (χ3v) is 9.51. The zero-order valence-corrected chi connectivity index (χ0v) is 31.8. The number of aliphatic hydroxyl groups is 1. The van der Waals surface area contributed by atoms with E-state index in [1.54, 1.807) is 0 Å². The number of ketones is 1. The summed E-state index contributed by atoms with van der Waals surface area (Å²) in [6, 6.07) is 0. The smallest absolute Gasteiger partial charge is 0.306 e. The maximum Gasteiger partial charge on any atom is 0.306 e. The van der Waals surface area contributed by atoms with Gasteiger partial charge in [0.05, 0.1) is 6.54 Å². The van der Waals surface area contributed by atoms with E-state index in [4.69, 9.17) is 15.2 Å². The Balaban J connectivity index is 3.83. The normalized spacial score (nSPS) is 12.6. The van der Waals surface area contributed by atoms with Gasteiger partial charge in [-0.25, -0.2) is 0 Å². The second-order valence-electron chi connectivity index (χ2n) is 14.2. The molecule has 0 aromatic carbocycles. The number of ether oxygens (including phenoxy) is 2. The van der Waals surface area contributed by atoms with Crippen LogP contribution >= 0.6 is 0 Å². The molecule has 2 unspecified atom stereocenters. The summed E-state index contributed by atoms with van der Waals surface area (Å²) in [5.74, 6) is -1.52. The maximum atomic E-state index is 12.4. The van der Waals surface area contributed by atoms with Crippen molar-refractivity contribution in [2.75, 3.05) is 13.2 Å². The lowest BCUT2D eigenvalue weighted by atomic mass is 10.0. The monoisotopic (exact) mass is 682 g/mol. The highest BCUT2D eigenvalue weighted by atomic mass is 16.6. The third kappa shape index (κ3) is 31.8. The van der Waals surface area contributed by atoms with Crippen LogP contribution in [0.1, 0.15) is 219 Å². The largest absolute Gasteiger partial charge is 0.463 e. The lowest BCUT2D eigenvalue weighted by Gasteiger charge is -2.21. The number of nitrogens with two attached hydrogens (primary N) is 1. The summed E-state index contributed by atoms with van der Waals surface area (Å²) >= 11 is 0. The predicted molar refractivity (Wildman–Crippen MR) is 200 cm³/mol. The van der Waals surface area contributed by atoms with Crippen LogP contribution in [-0.4, -0.2) is 48.2 Å². The number of carbonyl (C=O) groups excluding carboxylic acids is 3. The summed E-state index contributed by atoms with van der Waals surface area (Å²) in [6.07, 6.45) is 35.1. The van der Waals surface area contributed by atoms with Crippen molar-refractivity contribution >= 4 is 17.7 Å². The molecule has 0 saturated carbocycles. The lowest BCUT2D eigenvalue weighted by Crippen LogP contribution is -2.44. The average Bonchev–Trinajstić information content (AvgIpc) is 3.09. The quantitative estimate of drug-likeness (QED) is 0.0492. The van der Waals surface area contributed by atoms with Crippen LogP contribution in [0.5, 0.6) is 0 Å². The molecule has 48 heavy (non-hydrogen) atoms. The van der Waals surface area contributed by atoms with Crippen LogP contribution in [-0.2, 0) is 23.9 Å². The Morgan fingerprint density at radius 2 is 0.771 bits per heavy atom. The molecule has 2 atom stereocenters. The lowest BCUT2D eigenvalue weighted by molar-refractivity contribution is -0.166. The van der Waals surface area contributed by atoms with Crippen molar-refractivity contribution in [3.05, 3.63) is 0 Å². The van der Waals surface area contributed by atoms with E-state index in [1.165, 1.54) is 154 Å². The first-order chi connectivity index (χ1) is 23.5. The maximum absolute atomic E-state index is 12.4. The molecule has 0 heterocycles. The van der Waals surface area contributed by atoms with E-state index in [2.05, 4.69) is 13.8 Å². The van der Waals surface area contributed by atoms with Crippen molar-refractivity contribution in [2.24, 2.45) is 5.73 Å². The first-order valence-electron chi connectivity index (χ1n) is 20.7. The molecule has 0 saturated heterocycles. The van der Waals surface area contributed by atoms with E-state index in [0.717, 1.165) is 32.1 Å². The second-order valence-corrected chi connectivity index (χ2v) is 14.2. The molecule has 284 valence electrons. The van der Waals surface area contributed by atoms with Gasteiger partial charge >= 0.3 is 11.9 Å². The second kappa shape index (κ2) is 36.8. The number of hydrogen-bond donors (Lipinski definition) is 2. The minimum atomic E-state index is -1.42. The van der Waals surface area contributed by atoms with E-state index in [9.17, 15) is 19.5 Å². The number of unbranched alkanes of at least 4 members (excludes halogenated alkanes) is 28. The fourth-order valence-corrected chi connectivity index (χ4v) is 6.29. The Morgan fingerprint density at radius 3 is 1.08 bits per heavy atom. The molecule has 7 heteroatoms. The molecule has 0 aromatic heterocycles. The van der Waals surface area contributed by atoms with E-state index >= 15 is 0 Å². The summed E-state index contributed by atoms with van der Waals surface area (Å²) < 4.78 is 10.5. The van der Waals surface area contributed by atoms with Gasteiger partial charge in [0.15, 0.2) is 11.9 Å². The number of aliphatic hydroxyl groups excluding tert-OH is 1. The minimum absolute atomic E-state index is 0.193. The SMILES string of the molecule is CCCCCCCCCCCCCCCCCC(=O)OCC(O)C(OC(=O)CCCCCCCCCCCCCCCCC)C(=O)CN. The van der Waals surface area contributed by atoms with E-state index in [0.29, 0.717) is 6.42 Å². The Labute approximate surface area is 296 Å². The summed E-state index contributed by atoms with van der Waals surface area (Å²) in [6.45, 7) is 3.77. The van der Waals surface area contributed by atoms with Crippen LogP contribution in [0, 0.1) is 0 Å². The Bertz CT molecular complexity index is 730. The van der Waals surface area contributed by atoms with Gasteiger partial charge in [-0.15, -0.1) is 0 Å². The predicted octanol–water partition coefficient (Wildman–Crippen LogP) is 10.9. The number of esters is 2. The zero-order valence-electron chi connectivity index (χ0n) is 31.8. The van der Waals surface area contributed by atoms with Gasteiger partial charge < -0.3 is 20.3 Å². The standard InChI is InChI=1S/C41H79NO6/c1-3-5-7-9-11-13-15-17-19-21-23-25-27-29-31-33-39(45)47-36-38(44)41(37(43)35-42)48-40(46)34-32-30-28-26-24-22-20-18-16-14-12-10-8-6-4-2/h38,41,44H,3-36,42H2,1-2H3. The van der Waals surface area contributed by atoms with Crippen molar-refractivity contribution in [1.29, 1.82) is 0 Å². The van der Waals surface area contributed by atoms with E-state index in [-0.39, 0.29) is 26.0 Å². The van der Waals surface area contributed by atoms with Gasteiger partial charge in [-0.3, -0.25) is 14.4 Å². The molecule has 0 aliphatic rings. The molecular weight excluding hydrogens is 602 g/mol. The summed E-state index contributed by atoms with van der Waals surface area (Å²) in [5, 5.41) is 10.5. The zero-order chi connectivity index (χ0) is 35.3. The van der Waals surface area contributed by atoms with Gasteiger partial charge in [0.1, 0.15) is 12.7 Å². The van der Waals surface area contributed by atoms with Crippen molar-refractivity contribution in [2.45, 2.75) is 232 Å². The van der Waals surface area contributed by atoms with Gasteiger partial charge in [-0.2, -0.15) is 0 Å². The van der Waals surface area contributed by atoms with Crippen molar-refractivity contribution in [3.63, 3.8) is 0 Å². The molecule has 0 radical (unpaired) electrons. The molecule has 0 aromatic rings. The first-order valence-corrected chi connectivity index (χ1v) is 20.7. The van der Waals surface area contributed by atoms with Crippen LogP contribution in [0.3, 0.4) is 0 Å². The van der Waals surface area contributed by atoms with Crippen LogP contribution < -0.4 is 5.73 Å². The molecule has 7 nitrogen and oxygen atoms in total. The van der Waals surface area contributed by atoms with Gasteiger partial charge in [0, 0.05) is 12.8 Å². The molecule has 0 rings (SSSR count). The summed E-state index contributed by atoms with van der Waals surface area (Å²) in [4.78, 5) is 36.8. The number of carbonyl (C=O) groups is 3. The topological polar surface area (TPSA) is 116 Å². The van der Waals surface area contributed by atoms with Gasteiger partial charge in [0.2, 0.25) is 0 Å². The highest BCUT2D eigenvalue weighted by molar-refractivity contribution is 5.87. The van der Waals surface area contributed by atoms with Gasteiger partial charge in [-0.1, -0.05) is 194 Å². The number of hydrogen-bond acceptors (Lipinski definition) is 7. The van der Waals surface area contributed by atoms with E-state index in [1.807, 2.05) is 0 Å². The average molecular weight is 682 g/mol.